The molecule has 0 radical (unpaired) electrons. The molecule has 0 aliphatic heterocycles. The molecule has 0 rings (SSSR count). The third kappa shape index (κ3) is 27.4. The lowest BCUT2D eigenvalue weighted by molar-refractivity contribution is -0.131. The van der Waals surface area contributed by atoms with Crippen LogP contribution in [0.1, 0.15) is 174 Å². The third-order valence-corrected chi connectivity index (χ3v) is 8.04. The zero-order chi connectivity index (χ0) is 30.2. The first-order chi connectivity index (χ1) is 20.1. The lowest BCUT2D eigenvalue weighted by Crippen LogP contribution is -2.48. The van der Waals surface area contributed by atoms with Crippen molar-refractivity contribution in [3.05, 3.63) is 24.3 Å². The molecule has 0 aliphatic carbocycles. The van der Waals surface area contributed by atoms with Crippen molar-refractivity contribution in [1.29, 1.82) is 0 Å². The van der Waals surface area contributed by atoms with Crippen molar-refractivity contribution < 1.29 is 20.1 Å². The van der Waals surface area contributed by atoms with Gasteiger partial charge in [0.2, 0.25) is 5.91 Å². The van der Waals surface area contributed by atoms with Crippen molar-refractivity contribution in [2.24, 2.45) is 0 Å². The van der Waals surface area contributed by atoms with Crippen LogP contribution >= 0.6 is 0 Å². The highest BCUT2D eigenvalue weighted by molar-refractivity contribution is 5.80. The molecule has 0 aromatic carbocycles. The highest BCUT2D eigenvalue weighted by Gasteiger charge is 2.22. The second kappa shape index (κ2) is 31.8. The molecule has 242 valence electrons. The molecule has 1 amide bonds. The van der Waals surface area contributed by atoms with E-state index in [0.29, 0.717) is 6.42 Å². The summed E-state index contributed by atoms with van der Waals surface area (Å²) in [5, 5.41) is 32.8. The van der Waals surface area contributed by atoms with Gasteiger partial charge >= 0.3 is 0 Å². The maximum atomic E-state index is 12.3. The Morgan fingerprint density at radius 3 is 1.41 bits per heavy atom. The molecule has 0 fully saturated rings. The van der Waals surface area contributed by atoms with E-state index in [2.05, 4.69) is 31.3 Å². The number of allylic oxidation sites excluding steroid dienone is 3. The van der Waals surface area contributed by atoms with E-state index in [1.54, 1.807) is 6.08 Å². The zero-order valence-electron chi connectivity index (χ0n) is 27.2. The first-order valence-electron chi connectivity index (χ1n) is 17.7. The van der Waals surface area contributed by atoms with E-state index in [0.717, 1.165) is 32.1 Å². The predicted molar refractivity (Wildman–Crippen MR) is 176 cm³/mol. The Morgan fingerprint density at radius 1 is 0.585 bits per heavy atom. The molecule has 0 aliphatic rings. The van der Waals surface area contributed by atoms with Gasteiger partial charge in [-0.2, -0.15) is 0 Å². The number of aliphatic hydroxyl groups is 3. The van der Waals surface area contributed by atoms with Crippen molar-refractivity contribution in [2.75, 3.05) is 6.61 Å². The molecule has 0 saturated heterocycles. The van der Waals surface area contributed by atoms with Gasteiger partial charge in [0.1, 0.15) is 6.10 Å². The summed E-state index contributed by atoms with van der Waals surface area (Å²) in [4.78, 5) is 12.3. The number of unbranched alkanes of at least 4 members (excludes halogenated alkanes) is 21. The average Bonchev–Trinajstić information content (AvgIpc) is 2.98. The number of hydrogen-bond acceptors (Lipinski definition) is 4. The monoisotopic (exact) mass is 580 g/mol. The fourth-order valence-corrected chi connectivity index (χ4v) is 5.18. The third-order valence-electron chi connectivity index (χ3n) is 8.04. The van der Waals surface area contributed by atoms with Crippen molar-refractivity contribution in [3.63, 3.8) is 0 Å². The van der Waals surface area contributed by atoms with E-state index in [1.165, 1.54) is 122 Å². The van der Waals surface area contributed by atoms with Crippen LogP contribution in [0.2, 0.25) is 0 Å². The molecule has 0 saturated carbocycles. The SMILES string of the molecule is CCCCCCCCC/C=C/C(O)C(CO)NC(=O)C(O)CCCCCCCC/C=C\CCCCCCCCCC. The van der Waals surface area contributed by atoms with Gasteiger partial charge in [-0.25, -0.2) is 0 Å². The molecule has 0 spiro atoms. The molecule has 0 heterocycles. The summed E-state index contributed by atoms with van der Waals surface area (Å²) in [5.41, 5.74) is 0. The number of rotatable bonds is 31. The normalized spacial score (nSPS) is 14.2. The summed E-state index contributed by atoms with van der Waals surface area (Å²) in [6.07, 6.45) is 36.2. The van der Waals surface area contributed by atoms with E-state index in [9.17, 15) is 20.1 Å². The molecule has 41 heavy (non-hydrogen) atoms. The van der Waals surface area contributed by atoms with Crippen LogP contribution in [0.4, 0.5) is 0 Å². The van der Waals surface area contributed by atoms with Crippen LogP contribution in [-0.4, -0.2) is 46.1 Å². The smallest absolute Gasteiger partial charge is 0.249 e. The first kappa shape index (κ1) is 39.8. The van der Waals surface area contributed by atoms with Crippen LogP contribution in [0.25, 0.3) is 0 Å². The number of carbonyl (C=O) groups excluding carboxylic acids is 1. The molecule has 0 aromatic heterocycles. The minimum atomic E-state index is -1.10. The Labute approximate surface area is 254 Å². The molecular formula is C36H69NO4. The molecule has 5 nitrogen and oxygen atoms in total. The van der Waals surface area contributed by atoms with E-state index in [-0.39, 0.29) is 6.61 Å². The molecular weight excluding hydrogens is 510 g/mol. The van der Waals surface area contributed by atoms with Gasteiger partial charge in [-0.15, -0.1) is 0 Å². The molecule has 4 N–H and O–H groups in total. The van der Waals surface area contributed by atoms with Crippen molar-refractivity contribution in [1.82, 2.24) is 5.32 Å². The highest BCUT2D eigenvalue weighted by atomic mass is 16.3. The molecule has 5 heteroatoms. The van der Waals surface area contributed by atoms with E-state index >= 15 is 0 Å². The van der Waals surface area contributed by atoms with Gasteiger partial charge < -0.3 is 20.6 Å². The Hall–Kier alpha value is -1.17. The molecule has 0 bridgehead atoms. The number of aliphatic hydroxyl groups excluding tert-OH is 3. The Kier molecular flexibility index (Phi) is 30.9. The van der Waals surface area contributed by atoms with Crippen LogP contribution < -0.4 is 5.32 Å². The van der Waals surface area contributed by atoms with Crippen LogP contribution in [0.3, 0.4) is 0 Å². The zero-order valence-corrected chi connectivity index (χ0v) is 27.2. The Morgan fingerprint density at radius 2 is 0.976 bits per heavy atom. The van der Waals surface area contributed by atoms with Crippen molar-refractivity contribution in [3.8, 4) is 0 Å². The van der Waals surface area contributed by atoms with Crippen LogP contribution in [-0.2, 0) is 4.79 Å². The van der Waals surface area contributed by atoms with Crippen LogP contribution in [0, 0.1) is 0 Å². The Balaban J connectivity index is 3.72. The van der Waals surface area contributed by atoms with Crippen molar-refractivity contribution >= 4 is 5.91 Å². The lowest BCUT2D eigenvalue weighted by Gasteiger charge is -2.21. The second-order valence-corrected chi connectivity index (χ2v) is 12.1. The second-order valence-electron chi connectivity index (χ2n) is 12.1. The summed E-state index contributed by atoms with van der Waals surface area (Å²) in [6.45, 7) is 4.13. The number of carbonyl (C=O) groups is 1. The number of hydrogen-bond donors (Lipinski definition) is 4. The maximum absolute atomic E-state index is 12.3. The van der Waals surface area contributed by atoms with E-state index in [1.807, 2.05) is 6.08 Å². The molecule has 3 unspecified atom stereocenters. The topological polar surface area (TPSA) is 89.8 Å². The summed E-state index contributed by atoms with van der Waals surface area (Å²) in [7, 11) is 0. The number of amides is 1. The molecule has 3 atom stereocenters. The average molecular weight is 580 g/mol. The summed E-state index contributed by atoms with van der Waals surface area (Å²) >= 11 is 0. The lowest BCUT2D eigenvalue weighted by atomic mass is 10.0. The van der Waals surface area contributed by atoms with E-state index in [4.69, 9.17) is 0 Å². The fraction of sp³-hybridized carbons (Fsp3) is 0.861. The van der Waals surface area contributed by atoms with E-state index < -0.39 is 24.2 Å². The summed E-state index contributed by atoms with van der Waals surface area (Å²) in [5.74, 6) is -0.512. The van der Waals surface area contributed by atoms with Gasteiger partial charge in [-0.3, -0.25) is 4.79 Å². The Bertz CT molecular complexity index is 606. The predicted octanol–water partition coefficient (Wildman–Crippen LogP) is 9.09. The first-order valence-corrected chi connectivity index (χ1v) is 17.7. The quantitative estimate of drug-likeness (QED) is 0.0487. The van der Waals surface area contributed by atoms with Gasteiger partial charge in [0, 0.05) is 0 Å². The minimum Gasteiger partial charge on any atom is -0.394 e. The summed E-state index contributed by atoms with van der Waals surface area (Å²) < 4.78 is 0. The van der Waals surface area contributed by atoms with Crippen molar-refractivity contribution in [2.45, 2.75) is 193 Å². The minimum absolute atomic E-state index is 0.365. The standard InChI is InChI=1S/C36H69NO4/c1-3-5-7-9-11-13-14-15-16-17-18-19-20-21-23-25-27-29-31-35(40)36(41)37-33(32-38)34(39)30-28-26-24-22-12-10-8-6-4-2/h17-18,28,30,33-35,38-40H,3-16,19-27,29,31-32H2,1-2H3,(H,37,41)/b18-17-,30-28+. The van der Waals surface area contributed by atoms with Gasteiger partial charge in [-0.05, 0) is 44.9 Å². The largest absolute Gasteiger partial charge is 0.394 e. The summed E-state index contributed by atoms with van der Waals surface area (Å²) in [6, 6.07) is -0.795. The van der Waals surface area contributed by atoms with Gasteiger partial charge in [0.15, 0.2) is 0 Å². The fourth-order valence-electron chi connectivity index (χ4n) is 5.18. The highest BCUT2D eigenvalue weighted by Crippen LogP contribution is 2.13. The van der Waals surface area contributed by atoms with Crippen LogP contribution in [0.5, 0.6) is 0 Å². The maximum Gasteiger partial charge on any atom is 0.249 e. The van der Waals surface area contributed by atoms with Crippen LogP contribution in [0.15, 0.2) is 24.3 Å². The van der Waals surface area contributed by atoms with Gasteiger partial charge in [0.05, 0.1) is 18.8 Å². The molecule has 0 aromatic rings. The number of nitrogens with one attached hydrogen (secondary N) is 1. The van der Waals surface area contributed by atoms with Gasteiger partial charge in [-0.1, -0.05) is 154 Å². The van der Waals surface area contributed by atoms with Gasteiger partial charge in [0.25, 0.3) is 0 Å².